The number of hydrogen-bond acceptors (Lipinski definition) is 0. The van der Waals surface area contributed by atoms with Gasteiger partial charge in [0.2, 0.25) is 0 Å². The lowest BCUT2D eigenvalue weighted by Gasteiger charge is -2.13. The largest absolute Gasteiger partial charge is 0.159 e. The van der Waals surface area contributed by atoms with E-state index in [0.717, 1.165) is 10.0 Å². The fraction of sp³-hybridized carbons (Fsp3) is 0.0769. The summed E-state index contributed by atoms with van der Waals surface area (Å²) < 4.78 is 0.754. The summed E-state index contributed by atoms with van der Waals surface area (Å²) in [5.74, 6) is 0. The van der Waals surface area contributed by atoms with Crippen molar-refractivity contribution in [2.24, 2.45) is 0 Å². The van der Waals surface area contributed by atoms with Crippen LogP contribution in [0.2, 0.25) is 0 Å². The van der Waals surface area contributed by atoms with Gasteiger partial charge in [-0.2, -0.15) is 0 Å². The number of benzene rings is 2. The summed E-state index contributed by atoms with van der Waals surface area (Å²) in [5, 5.41) is 0. The Labute approximate surface area is 134 Å². The monoisotopic (exact) mass is 480 g/mol. The van der Waals surface area contributed by atoms with Gasteiger partial charge in [-0.3, -0.25) is 0 Å². The number of alkyl halides is 3. The Morgan fingerprint density at radius 2 is 1.06 bits per heavy atom. The zero-order valence-corrected chi connectivity index (χ0v) is 15.0. The van der Waals surface area contributed by atoms with Crippen LogP contribution in [0.15, 0.2) is 53.0 Å². The highest BCUT2D eigenvalue weighted by molar-refractivity contribution is 9.38. The predicted octanol–water partition coefficient (Wildman–Crippen LogP) is 6.41. The third kappa shape index (κ3) is 3.66. The van der Waals surface area contributed by atoms with Crippen LogP contribution in [-0.4, -0.2) is 0 Å². The maximum atomic E-state index is 3.50. The molecule has 2 rings (SSSR count). The topological polar surface area (TPSA) is 0 Å². The lowest BCUT2D eigenvalue weighted by Crippen LogP contribution is -1.96. The van der Waals surface area contributed by atoms with Gasteiger partial charge in [-0.15, -0.1) is 0 Å². The summed E-state index contributed by atoms with van der Waals surface area (Å²) in [6, 6.07) is 16.7. The summed E-state index contributed by atoms with van der Waals surface area (Å²) in [4.78, 5) is 0. The van der Waals surface area contributed by atoms with Crippen molar-refractivity contribution in [2.45, 2.75) is 2.14 Å². The van der Waals surface area contributed by atoms with Crippen molar-refractivity contribution in [3.63, 3.8) is 0 Å². The molecule has 0 nitrogen and oxygen atoms in total. The molecule has 0 aromatic heterocycles. The molecule has 0 amide bonds. The van der Waals surface area contributed by atoms with Gasteiger partial charge in [0.1, 0.15) is 0 Å². The van der Waals surface area contributed by atoms with Crippen molar-refractivity contribution >= 4 is 63.7 Å². The van der Waals surface area contributed by atoms with Gasteiger partial charge in [0.15, 0.2) is 2.14 Å². The van der Waals surface area contributed by atoms with Crippen LogP contribution in [0.4, 0.5) is 0 Å². The summed E-state index contributed by atoms with van der Waals surface area (Å²) in [6.07, 6.45) is 0. The quantitative estimate of drug-likeness (QED) is 0.411. The molecule has 0 aliphatic rings. The summed E-state index contributed by atoms with van der Waals surface area (Å²) >= 11 is 13.9. The van der Waals surface area contributed by atoms with Crippen molar-refractivity contribution < 1.29 is 0 Å². The third-order valence-electron chi connectivity index (χ3n) is 2.39. The highest BCUT2D eigenvalue weighted by Gasteiger charge is 2.20. The first-order valence-corrected chi connectivity index (χ1v) is 8.07. The van der Waals surface area contributed by atoms with Crippen molar-refractivity contribution in [1.29, 1.82) is 0 Å². The highest BCUT2D eigenvalue weighted by atomic mass is 80.0. The first kappa shape index (κ1) is 13.8. The Morgan fingerprint density at radius 1 is 0.647 bits per heavy atom. The molecule has 0 aliphatic carbocycles. The highest BCUT2D eigenvalue weighted by Crippen LogP contribution is 2.44. The van der Waals surface area contributed by atoms with Gasteiger partial charge >= 0.3 is 0 Å². The van der Waals surface area contributed by atoms with E-state index in [0.29, 0.717) is 0 Å². The number of hydrogen-bond donors (Lipinski definition) is 0. The molecule has 0 atom stereocenters. The Hall–Kier alpha value is 0.360. The van der Waals surface area contributed by atoms with Gasteiger partial charge in [-0.25, -0.2) is 0 Å². The van der Waals surface area contributed by atoms with Gasteiger partial charge in [0.25, 0.3) is 0 Å². The van der Waals surface area contributed by atoms with Crippen LogP contribution < -0.4 is 0 Å². The molecule has 0 saturated carbocycles. The average Bonchev–Trinajstić information content (AvgIpc) is 2.29. The molecule has 0 saturated heterocycles. The third-order valence-corrected chi connectivity index (χ3v) is 4.29. The molecule has 0 radical (unpaired) electrons. The minimum Gasteiger partial charge on any atom is -0.0553 e. The lowest BCUT2D eigenvalue weighted by molar-refractivity contribution is 1.37. The van der Waals surface area contributed by atoms with Gasteiger partial charge in [0.05, 0.1) is 0 Å². The maximum absolute atomic E-state index is 3.50. The van der Waals surface area contributed by atoms with E-state index in [1.807, 2.05) is 12.1 Å². The van der Waals surface area contributed by atoms with Crippen molar-refractivity contribution in [2.75, 3.05) is 0 Å². The molecular formula is C13H8Br4. The Morgan fingerprint density at radius 3 is 1.47 bits per heavy atom. The Bertz CT molecular complexity index is 494. The zero-order chi connectivity index (χ0) is 12.5. The van der Waals surface area contributed by atoms with Gasteiger partial charge < -0.3 is 0 Å². The molecule has 0 bridgehead atoms. The molecule has 0 unspecified atom stereocenters. The molecule has 2 aromatic rings. The maximum Gasteiger partial charge on any atom is 0.159 e. The second kappa shape index (κ2) is 5.55. The predicted molar refractivity (Wildman–Crippen MR) is 88.0 cm³/mol. The molecule has 0 aliphatic heterocycles. The summed E-state index contributed by atoms with van der Waals surface area (Å²) in [7, 11) is 0. The minimum atomic E-state index is -0.342. The van der Waals surface area contributed by atoms with E-state index in [2.05, 4.69) is 100 Å². The number of halogens is 4. The molecule has 2 aromatic carbocycles. The molecule has 0 fully saturated rings. The van der Waals surface area contributed by atoms with Crippen LogP contribution >= 0.6 is 63.7 Å². The molecular weight excluding hydrogens is 476 g/mol. The van der Waals surface area contributed by atoms with Crippen molar-refractivity contribution in [3.8, 4) is 11.1 Å². The second-order valence-corrected chi connectivity index (χ2v) is 11.3. The van der Waals surface area contributed by atoms with E-state index in [1.54, 1.807) is 0 Å². The van der Waals surface area contributed by atoms with Crippen LogP contribution in [0.5, 0.6) is 0 Å². The van der Waals surface area contributed by atoms with Crippen LogP contribution in [0.3, 0.4) is 0 Å². The standard InChI is InChI=1S/C13H8Br4/c14-12-7-3-10(4-8-12)9-1-5-11(6-2-9)13(15,16)17/h1-8H. The van der Waals surface area contributed by atoms with Gasteiger partial charge in [-0.05, 0) is 28.8 Å². The van der Waals surface area contributed by atoms with E-state index in [9.17, 15) is 0 Å². The molecule has 88 valence electrons. The summed E-state index contributed by atoms with van der Waals surface area (Å²) in [6.45, 7) is 0. The molecule has 0 N–H and O–H groups in total. The summed E-state index contributed by atoms with van der Waals surface area (Å²) in [5.41, 5.74) is 3.54. The number of rotatable bonds is 1. The van der Waals surface area contributed by atoms with Crippen molar-refractivity contribution in [3.05, 3.63) is 58.6 Å². The normalized spacial score (nSPS) is 11.5. The Kier molecular flexibility index (Phi) is 4.50. The first-order valence-electron chi connectivity index (χ1n) is 4.90. The van der Waals surface area contributed by atoms with E-state index in [-0.39, 0.29) is 2.14 Å². The molecule has 17 heavy (non-hydrogen) atoms. The van der Waals surface area contributed by atoms with E-state index in [4.69, 9.17) is 0 Å². The van der Waals surface area contributed by atoms with Crippen LogP contribution in [0.25, 0.3) is 11.1 Å². The van der Waals surface area contributed by atoms with E-state index >= 15 is 0 Å². The van der Waals surface area contributed by atoms with Crippen LogP contribution in [-0.2, 0) is 2.14 Å². The first-order chi connectivity index (χ1) is 7.97. The van der Waals surface area contributed by atoms with Gasteiger partial charge in [-0.1, -0.05) is 100 Å². The fourth-order valence-electron chi connectivity index (χ4n) is 1.49. The zero-order valence-electron chi connectivity index (χ0n) is 8.63. The fourth-order valence-corrected chi connectivity index (χ4v) is 2.55. The Balaban J connectivity index is 2.33. The average molecular weight is 484 g/mol. The smallest absolute Gasteiger partial charge is 0.0553 e. The molecule has 4 heteroatoms. The minimum absolute atomic E-state index is 0.342. The lowest BCUT2D eigenvalue weighted by atomic mass is 10.0. The van der Waals surface area contributed by atoms with Gasteiger partial charge in [0, 0.05) is 4.47 Å². The molecule has 0 spiro atoms. The van der Waals surface area contributed by atoms with Crippen LogP contribution in [0.1, 0.15) is 5.56 Å². The van der Waals surface area contributed by atoms with Crippen molar-refractivity contribution in [1.82, 2.24) is 0 Å². The van der Waals surface area contributed by atoms with Crippen LogP contribution in [0, 0.1) is 0 Å². The SMILES string of the molecule is Brc1ccc(-c2ccc(C(Br)(Br)Br)cc2)cc1. The second-order valence-electron chi connectivity index (χ2n) is 3.58. The van der Waals surface area contributed by atoms with E-state index in [1.165, 1.54) is 11.1 Å². The van der Waals surface area contributed by atoms with E-state index < -0.39 is 0 Å². The molecule has 0 heterocycles.